The van der Waals surface area contributed by atoms with E-state index in [1.807, 2.05) is 13.0 Å². The van der Waals surface area contributed by atoms with E-state index in [4.69, 9.17) is 14.2 Å². The van der Waals surface area contributed by atoms with Gasteiger partial charge in [0.1, 0.15) is 31.0 Å². The number of hydrogen-bond acceptors (Lipinski definition) is 8. The fourth-order valence-corrected chi connectivity index (χ4v) is 3.99. The summed E-state index contributed by atoms with van der Waals surface area (Å²) in [4.78, 5) is 23.3. The molecule has 176 valence electrons. The molecule has 2 rings (SSSR count). The Morgan fingerprint density at radius 1 is 1.19 bits per heavy atom. The van der Waals surface area contributed by atoms with E-state index in [2.05, 4.69) is 20.4 Å². The van der Waals surface area contributed by atoms with Crippen LogP contribution in [0.5, 0.6) is 0 Å². The van der Waals surface area contributed by atoms with Crippen molar-refractivity contribution in [3.8, 4) is 0 Å². The minimum absolute atomic E-state index is 0.00399. The van der Waals surface area contributed by atoms with Gasteiger partial charge in [0.15, 0.2) is 12.1 Å². The number of esters is 1. The highest BCUT2D eigenvalue weighted by Crippen LogP contribution is 2.32. The first kappa shape index (κ1) is 25.7. The quantitative estimate of drug-likeness (QED) is 0.335. The van der Waals surface area contributed by atoms with Crippen molar-refractivity contribution in [2.45, 2.75) is 90.2 Å². The molecule has 0 bridgehead atoms. The van der Waals surface area contributed by atoms with E-state index in [1.54, 1.807) is 0 Å². The molecule has 31 heavy (non-hydrogen) atoms. The second-order valence-electron chi connectivity index (χ2n) is 8.90. The van der Waals surface area contributed by atoms with E-state index >= 15 is 0 Å². The third-order valence-corrected chi connectivity index (χ3v) is 6.06. The van der Waals surface area contributed by atoms with Crippen molar-refractivity contribution in [3.63, 3.8) is 0 Å². The lowest BCUT2D eigenvalue weighted by Gasteiger charge is -2.42. The third kappa shape index (κ3) is 6.95. The lowest BCUT2D eigenvalue weighted by atomic mass is 9.82. The van der Waals surface area contributed by atoms with Gasteiger partial charge in [-0.05, 0) is 43.6 Å². The summed E-state index contributed by atoms with van der Waals surface area (Å²) in [6.45, 7) is 10.9. The topological polar surface area (TPSA) is 123 Å². The molecule has 0 radical (unpaired) electrons. The summed E-state index contributed by atoms with van der Waals surface area (Å²) >= 11 is 0. The summed E-state index contributed by atoms with van der Waals surface area (Å²) in [7, 11) is 0. The Hall–Kier alpha value is -1.58. The highest BCUT2D eigenvalue weighted by Gasteiger charge is 2.46. The maximum atomic E-state index is 12.2. The number of aliphatic hydroxyl groups is 3. The van der Waals surface area contributed by atoms with Gasteiger partial charge in [-0.15, -0.1) is 0 Å². The molecule has 8 nitrogen and oxygen atoms in total. The zero-order chi connectivity index (χ0) is 23.3. The summed E-state index contributed by atoms with van der Waals surface area (Å²) < 4.78 is 16.8. The number of ether oxygens (including phenoxy) is 3. The van der Waals surface area contributed by atoms with Crippen LogP contribution in [-0.4, -0.2) is 70.5 Å². The van der Waals surface area contributed by atoms with Crippen LogP contribution in [-0.2, 0) is 23.8 Å². The molecule has 1 aliphatic carbocycles. The van der Waals surface area contributed by atoms with Gasteiger partial charge in [0, 0.05) is 13.3 Å². The van der Waals surface area contributed by atoms with E-state index in [0.29, 0.717) is 31.3 Å². The van der Waals surface area contributed by atoms with Gasteiger partial charge < -0.3 is 29.5 Å². The second-order valence-corrected chi connectivity index (χ2v) is 8.90. The molecule has 8 heteroatoms. The van der Waals surface area contributed by atoms with Crippen LogP contribution in [0.2, 0.25) is 0 Å². The molecule has 3 N–H and O–H groups in total. The van der Waals surface area contributed by atoms with E-state index in [9.17, 15) is 24.9 Å². The molecule has 1 fully saturated rings. The fraction of sp³-hybridized carbons (Fsp3) is 0.739. The van der Waals surface area contributed by atoms with Gasteiger partial charge in [0.25, 0.3) is 0 Å². The molecule has 0 aromatic heterocycles. The molecular formula is C23H36O8. The number of carbonyl (C=O) groups is 2. The SMILES string of the molecule is C=C1CC[C@@H](C(C)C)[C@H](O[C@H]2O[C@@H](COC(C)=O)[C@@H](O)[C@@H](O)[C@H]2O)/C=C(\C)CCC1=O. The Balaban J connectivity index is 2.25. The average molecular weight is 441 g/mol. The Morgan fingerprint density at radius 3 is 2.48 bits per heavy atom. The minimum atomic E-state index is -1.51. The molecule has 0 saturated carbocycles. The van der Waals surface area contributed by atoms with E-state index in [0.717, 1.165) is 5.57 Å². The van der Waals surface area contributed by atoms with Crippen molar-refractivity contribution in [2.75, 3.05) is 6.61 Å². The van der Waals surface area contributed by atoms with Crippen LogP contribution in [0.4, 0.5) is 0 Å². The molecule has 0 unspecified atom stereocenters. The number of carbonyl (C=O) groups excluding carboxylic acids is 2. The number of hydrogen-bond donors (Lipinski definition) is 3. The largest absolute Gasteiger partial charge is 0.463 e. The first-order chi connectivity index (χ1) is 14.5. The first-order valence-corrected chi connectivity index (χ1v) is 10.9. The predicted octanol–water partition coefficient (Wildman–Crippen LogP) is 1.66. The lowest BCUT2D eigenvalue weighted by Crippen LogP contribution is -2.60. The average Bonchev–Trinajstić information content (AvgIpc) is 2.70. The summed E-state index contributed by atoms with van der Waals surface area (Å²) in [5.74, 6) is -0.269. The number of allylic oxidation sites excluding steroid dienone is 2. The van der Waals surface area contributed by atoms with Crippen LogP contribution in [0.3, 0.4) is 0 Å². The maximum absolute atomic E-state index is 12.2. The van der Waals surface area contributed by atoms with Crippen LogP contribution in [0, 0.1) is 11.8 Å². The Morgan fingerprint density at radius 2 is 1.87 bits per heavy atom. The minimum Gasteiger partial charge on any atom is -0.463 e. The molecule has 1 heterocycles. The molecule has 0 aromatic rings. The van der Waals surface area contributed by atoms with Crippen molar-refractivity contribution in [2.24, 2.45) is 11.8 Å². The van der Waals surface area contributed by atoms with Crippen molar-refractivity contribution in [1.29, 1.82) is 0 Å². The smallest absolute Gasteiger partial charge is 0.302 e. The highest BCUT2D eigenvalue weighted by atomic mass is 16.7. The molecule has 0 spiro atoms. The van der Waals surface area contributed by atoms with Crippen molar-refractivity contribution in [1.82, 2.24) is 0 Å². The Labute approximate surface area is 183 Å². The van der Waals surface area contributed by atoms with Gasteiger partial charge in [0.05, 0.1) is 6.10 Å². The third-order valence-electron chi connectivity index (χ3n) is 6.06. The summed E-state index contributed by atoms with van der Waals surface area (Å²) in [5, 5.41) is 31.0. The molecule has 0 amide bonds. The monoisotopic (exact) mass is 440 g/mol. The first-order valence-electron chi connectivity index (χ1n) is 10.9. The number of ketones is 1. The van der Waals surface area contributed by atoms with Crippen LogP contribution in [0.15, 0.2) is 23.8 Å². The van der Waals surface area contributed by atoms with E-state index in [1.165, 1.54) is 6.92 Å². The number of Topliss-reactive ketones (excluding diaryl/α,β-unsaturated/α-hetero) is 1. The predicted molar refractivity (Wildman–Crippen MR) is 113 cm³/mol. The number of aliphatic hydroxyl groups excluding tert-OH is 3. The molecule has 0 aromatic carbocycles. The zero-order valence-corrected chi connectivity index (χ0v) is 18.8. The van der Waals surface area contributed by atoms with Crippen molar-refractivity contribution < 1.29 is 39.1 Å². The lowest BCUT2D eigenvalue weighted by molar-refractivity contribution is -0.312. The van der Waals surface area contributed by atoms with Gasteiger partial charge >= 0.3 is 5.97 Å². The van der Waals surface area contributed by atoms with E-state index in [-0.39, 0.29) is 24.2 Å². The van der Waals surface area contributed by atoms with Crippen molar-refractivity contribution >= 4 is 11.8 Å². The van der Waals surface area contributed by atoms with E-state index < -0.39 is 42.8 Å². The standard InChI is InChI=1S/C23H36O8/c1-12(2)16-8-7-14(4)17(25)9-6-13(3)10-18(16)30-23-22(28)21(27)20(26)19(31-23)11-29-15(5)24/h10,12,16,18-23,26-28H,4,6-9,11H2,1-3,5H3/b13-10+/t16-,18+,19-,20+,21+,22+,23-/m0/s1. The van der Waals surface area contributed by atoms with Gasteiger partial charge in [-0.3, -0.25) is 9.59 Å². The van der Waals surface area contributed by atoms with Crippen molar-refractivity contribution in [3.05, 3.63) is 23.8 Å². The van der Waals surface area contributed by atoms with Crippen LogP contribution < -0.4 is 0 Å². The normalized spacial score (nSPS) is 37.3. The van der Waals surface area contributed by atoms with Gasteiger partial charge in [-0.25, -0.2) is 0 Å². The van der Waals surface area contributed by atoms with Crippen LogP contribution >= 0.6 is 0 Å². The fourth-order valence-electron chi connectivity index (χ4n) is 3.99. The van der Waals surface area contributed by atoms with Gasteiger partial charge in [-0.2, -0.15) is 0 Å². The molecule has 7 atom stereocenters. The molecular weight excluding hydrogens is 404 g/mol. The van der Waals surface area contributed by atoms with Gasteiger partial charge in [-0.1, -0.05) is 32.1 Å². The molecule has 1 aliphatic heterocycles. The molecule has 1 saturated heterocycles. The summed E-state index contributed by atoms with van der Waals surface area (Å²) in [6.07, 6.45) is -2.99. The van der Waals surface area contributed by atoms with Crippen LogP contribution in [0.1, 0.15) is 53.4 Å². The van der Waals surface area contributed by atoms with Crippen LogP contribution in [0.25, 0.3) is 0 Å². The van der Waals surface area contributed by atoms with Gasteiger partial charge in [0.2, 0.25) is 0 Å². The Bertz CT molecular complexity index is 685. The number of rotatable bonds is 5. The zero-order valence-electron chi connectivity index (χ0n) is 18.8. The highest BCUT2D eigenvalue weighted by molar-refractivity contribution is 5.94. The Kier molecular flexibility index (Phi) is 9.39. The summed E-state index contributed by atoms with van der Waals surface area (Å²) in [5.41, 5.74) is 1.58. The summed E-state index contributed by atoms with van der Waals surface area (Å²) in [6, 6.07) is 0. The maximum Gasteiger partial charge on any atom is 0.302 e. The molecule has 2 aliphatic rings. The second kappa shape index (κ2) is 11.3.